The van der Waals surface area contributed by atoms with Crippen molar-refractivity contribution in [3.05, 3.63) is 77.5 Å². The van der Waals surface area contributed by atoms with Crippen LogP contribution < -0.4 is 5.73 Å². The van der Waals surface area contributed by atoms with Crippen molar-refractivity contribution in [2.24, 2.45) is 0 Å². The number of nitrogens with two attached hydrogens (primary N) is 1. The predicted molar refractivity (Wildman–Crippen MR) is 110 cm³/mol. The summed E-state index contributed by atoms with van der Waals surface area (Å²) < 4.78 is 1.71. The number of nitrogen functional groups attached to an aromatic ring is 1. The lowest BCUT2D eigenvalue weighted by Crippen LogP contribution is -1.96. The van der Waals surface area contributed by atoms with E-state index in [0.29, 0.717) is 17.0 Å². The number of rotatable bonds is 4. The van der Waals surface area contributed by atoms with Gasteiger partial charge in [-0.15, -0.1) is 0 Å². The second kappa shape index (κ2) is 7.30. The van der Waals surface area contributed by atoms with Crippen LogP contribution in [0.5, 0.6) is 0 Å². The highest BCUT2D eigenvalue weighted by molar-refractivity contribution is 5.92. The molecule has 0 unspecified atom stereocenters. The van der Waals surface area contributed by atoms with Gasteiger partial charge in [-0.3, -0.25) is 0 Å². The summed E-state index contributed by atoms with van der Waals surface area (Å²) in [5, 5.41) is 14.0. The summed E-state index contributed by atoms with van der Waals surface area (Å²) in [6.45, 7) is 10.0. The van der Waals surface area contributed by atoms with Gasteiger partial charge in [-0.2, -0.15) is 10.4 Å². The maximum atomic E-state index is 9.26. The summed E-state index contributed by atoms with van der Waals surface area (Å²) in [7, 11) is 0. The number of fused-ring (bicyclic) bond motifs is 1. The average molecular weight is 355 g/mol. The molecule has 3 aromatic rings. The Morgan fingerprint density at radius 3 is 2.67 bits per heavy atom. The van der Waals surface area contributed by atoms with Crippen LogP contribution >= 0.6 is 0 Å². The summed E-state index contributed by atoms with van der Waals surface area (Å²) in [5.41, 5.74) is 12.7. The first kappa shape index (κ1) is 18.2. The van der Waals surface area contributed by atoms with Crippen molar-refractivity contribution in [3.8, 4) is 17.3 Å². The first-order chi connectivity index (χ1) is 12.9. The van der Waals surface area contributed by atoms with Gasteiger partial charge in [-0.1, -0.05) is 42.0 Å². The third-order valence-electron chi connectivity index (χ3n) is 3.91. The topological polar surface area (TPSA) is 80.0 Å². The lowest BCUT2D eigenvalue weighted by atomic mass is 9.97. The number of aromatic nitrogens is 3. The van der Waals surface area contributed by atoms with E-state index < -0.39 is 0 Å². The van der Waals surface area contributed by atoms with Crippen LogP contribution in [0, 0.1) is 11.3 Å². The minimum atomic E-state index is 0.424. The average Bonchev–Trinajstić information content (AvgIpc) is 2.99. The van der Waals surface area contributed by atoms with Crippen LogP contribution in [0.4, 0.5) is 5.82 Å². The summed E-state index contributed by atoms with van der Waals surface area (Å²) in [4.78, 5) is 4.51. The zero-order valence-electron chi connectivity index (χ0n) is 15.7. The molecule has 0 aliphatic rings. The number of hydrogen-bond donors (Lipinski definition) is 1. The molecule has 0 saturated carbocycles. The normalized spacial score (nSPS) is 11.3. The first-order valence-electron chi connectivity index (χ1n) is 8.57. The molecule has 27 heavy (non-hydrogen) atoms. The highest BCUT2D eigenvalue weighted by Crippen LogP contribution is 2.33. The SMILES string of the molecule is C=C(C)/C=C(\C=C(C)C)c1c(-c2cccc(C#N)c2)nn2ccc(N)nc12. The van der Waals surface area contributed by atoms with Gasteiger partial charge in [0.05, 0.1) is 17.2 Å². The lowest BCUT2D eigenvalue weighted by Gasteiger charge is -2.07. The van der Waals surface area contributed by atoms with E-state index >= 15 is 0 Å². The van der Waals surface area contributed by atoms with Gasteiger partial charge in [0.2, 0.25) is 0 Å². The van der Waals surface area contributed by atoms with Crippen molar-refractivity contribution < 1.29 is 0 Å². The Labute approximate surface area is 158 Å². The minimum absolute atomic E-state index is 0.424. The molecule has 1 aromatic carbocycles. The van der Waals surface area contributed by atoms with E-state index in [1.54, 1.807) is 22.8 Å². The van der Waals surface area contributed by atoms with E-state index in [9.17, 15) is 5.26 Å². The van der Waals surface area contributed by atoms with Crippen LogP contribution in [0.15, 0.2) is 66.4 Å². The quantitative estimate of drug-likeness (QED) is 0.683. The molecule has 5 nitrogen and oxygen atoms in total. The number of nitrogens with zero attached hydrogens (tertiary/aromatic N) is 4. The van der Waals surface area contributed by atoms with Gasteiger partial charge in [0, 0.05) is 11.8 Å². The van der Waals surface area contributed by atoms with Crippen molar-refractivity contribution in [1.82, 2.24) is 14.6 Å². The molecule has 0 amide bonds. The Hall–Kier alpha value is -3.65. The molecule has 0 saturated heterocycles. The van der Waals surface area contributed by atoms with E-state index in [1.165, 1.54) is 0 Å². The molecule has 0 spiro atoms. The van der Waals surface area contributed by atoms with Crippen LogP contribution in [0.25, 0.3) is 22.5 Å². The smallest absolute Gasteiger partial charge is 0.165 e. The van der Waals surface area contributed by atoms with Gasteiger partial charge in [0.1, 0.15) is 11.5 Å². The second-order valence-electron chi connectivity index (χ2n) is 6.70. The van der Waals surface area contributed by atoms with Gasteiger partial charge >= 0.3 is 0 Å². The van der Waals surface area contributed by atoms with Crippen molar-refractivity contribution in [2.75, 3.05) is 5.73 Å². The molecule has 2 aromatic heterocycles. The Morgan fingerprint density at radius 1 is 1.22 bits per heavy atom. The van der Waals surface area contributed by atoms with E-state index in [-0.39, 0.29) is 0 Å². The minimum Gasteiger partial charge on any atom is -0.384 e. The largest absolute Gasteiger partial charge is 0.384 e. The highest BCUT2D eigenvalue weighted by Gasteiger charge is 2.19. The summed E-state index contributed by atoms with van der Waals surface area (Å²) in [6.07, 6.45) is 5.88. The van der Waals surface area contributed by atoms with Crippen molar-refractivity contribution in [3.63, 3.8) is 0 Å². The molecule has 0 radical (unpaired) electrons. The van der Waals surface area contributed by atoms with Gasteiger partial charge in [-0.25, -0.2) is 9.50 Å². The number of hydrogen-bond acceptors (Lipinski definition) is 4. The number of allylic oxidation sites excluding steroid dienone is 5. The van der Waals surface area contributed by atoms with Crippen LogP contribution in [-0.2, 0) is 0 Å². The van der Waals surface area contributed by atoms with Crippen LogP contribution in [-0.4, -0.2) is 14.6 Å². The van der Waals surface area contributed by atoms with Crippen LogP contribution in [0.2, 0.25) is 0 Å². The molecule has 0 bridgehead atoms. The Kier molecular flexibility index (Phi) is 4.91. The third-order valence-corrected chi connectivity index (χ3v) is 3.91. The highest BCUT2D eigenvalue weighted by atomic mass is 15.3. The fourth-order valence-corrected chi connectivity index (χ4v) is 2.91. The molecular weight excluding hydrogens is 334 g/mol. The molecule has 2 N–H and O–H groups in total. The van der Waals surface area contributed by atoms with E-state index in [2.05, 4.69) is 23.7 Å². The van der Waals surface area contributed by atoms with Gasteiger partial charge < -0.3 is 5.73 Å². The second-order valence-corrected chi connectivity index (χ2v) is 6.70. The summed E-state index contributed by atoms with van der Waals surface area (Å²) in [5.74, 6) is 0.424. The third kappa shape index (κ3) is 3.80. The van der Waals surface area contributed by atoms with E-state index in [0.717, 1.165) is 33.5 Å². The molecule has 0 fully saturated rings. The Morgan fingerprint density at radius 2 is 2.00 bits per heavy atom. The van der Waals surface area contributed by atoms with Gasteiger partial charge in [0.25, 0.3) is 0 Å². The predicted octanol–water partition coefficient (Wildman–Crippen LogP) is 4.78. The van der Waals surface area contributed by atoms with Gasteiger partial charge in [0.15, 0.2) is 5.65 Å². The molecule has 0 aliphatic carbocycles. The first-order valence-corrected chi connectivity index (χ1v) is 8.57. The molecule has 3 rings (SSSR count). The molecule has 134 valence electrons. The van der Waals surface area contributed by atoms with Gasteiger partial charge in [-0.05, 0) is 44.5 Å². The molecular formula is C22H21N5. The fourth-order valence-electron chi connectivity index (χ4n) is 2.91. The number of benzene rings is 1. The zero-order valence-corrected chi connectivity index (χ0v) is 15.7. The van der Waals surface area contributed by atoms with Crippen molar-refractivity contribution in [1.29, 1.82) is 5.26 Å². The fraction of sp³-hybridized carbons (Fsp3) is 0.136. The zero-order chi connectivity index (χ0) is 19.6. The van der Waals surface area contributed by atoms with Crippen LogP contribution in [0.1, 0.15) is 31.9 Å². The standard InChI is InChI=1S/C22H21N5/c1-14(2)10-18(11-15(3)4)20-21(17-7-5-6-16(12-17)13-23)26-27-9-8-19(24)25-22(20)27/h5-12H,1H2,2-4H3,(H2,24,25)/b18-10+. The number of anilines is 1. The van der Waals surface area contributed by atoms with Crippen molar-refractivity contribution in [2.45, 2.75) is 20.8 Å². The molecule has 5 heteroatoms. The molecule has 2 heterocycles. The number of nitriles is 1. The maximum absolute atomic E-state index is 9.26. The van der Waals surface area contributed by atoms with Crippen LogP contribution in [0.3, 0.4) is 0 Å². The summed E-state index contributed by atoms with van der Waals surface area (Å²) in [6, 6.07) is 11.3. The Balaban J connectivity index is 2.41. The lowest BCUT2D eigenvalue weighted by molar-refractivity contribution is 0.945. The maximum Gasteiger partial charge on any atom is 0.165 e. The Bertz CT molecular complexity index is 1140. The molecule has 0 aliphatic heterocycles. The van der Waals surface area contributed by atoms with E-state index in [1.807, 2.05) is 45.0 Å². The van der Waals surface area contributed by atoms with E-state index in [4.69, 9.17) is 10.8 Å². The summed E-state index contributed by atoms with van der Waals surface area (Å²) >= 11 is 0. The molecule has 0 atom stereocenters. The van der Waals surface area contributed by atoms with Crippen molar-refractivity contribution >= 4 is 17.0 Å². The monoisotopic (exact) mass is 355 g/mol.